The van der Waals surface area contributed by atoms with E-state index in [2.05, 4.69) is 29.6 Å². The molecule has 0 unspecified atom stereocenters. The molecule has 3 aromatic carbocycles. The summed E-state index contributed by atoms with van der Waals surface area (Å²) in [6.45, 7) is 10.6. The van der Waals surface area contributed by atoms with E-state index in [4.69, 9.17) is 18.8 Å². The number of rotatable bonds is 9. The van der Waals surface area contributed by atoms with Gasteiger partial charge in [0.15, 0.2) is 6.29 Å². The highest BCUT2D eigenvalue weighted by molar-refractivity contribution is 6.56. The van der Waals surface area contributed by atoms with Crippen molar-refractivity contribution >= 4 is 25.6 Å². The molecule has 1 saturated heterocycles. The van der Waals surface area contributed by atoms with Gasteiger partial charge in [-0.2, -0.15) is 0 Å². The van der Waals surface area contributed by atoms with Gasteiger partial charge in [-0.15, -0.1) is 0 Å². The van der Waals surface area contributed by atoms with Gasteiger partial charge in [0, 0.05) is 12.5 Å². The van der Waals surface area contributed by atoms with E-state index >= 15 is 0 Å². The lowest BCUT2D eigenvalue weighted by molar-refractivity contribution is 0.00578. The minimum atomic E-state index is -0.694. The average molecular weight is 553 g/mol. The van der Waals surface area contributed by atoms with Crippen molar-refractivity contribution in [2.24, 2.45) is 0 Å². The molecule has 0 saturated carbocycles. The molecular weight excluding hydrogens is 517 g/mol. The molecule has 41 heavy (non-hydrogen) atoms. The molecule has 0 aromatic heterocycles. The number of aldehydes is 1. The summed E-state index contributed by atoms with van der Waals surface area (Å²) in [5.41, 5.74) is 5.43. The molecule has 2 aliphatic rings. The lowest BCUT2D eigenvalue weighted by atomic mass is 9.77. The van der Waals surface area contributed by atoms with Crippen molar-refractivity contribution in [1.29, 1.82) is 0 Å². The fourth-order valence-electron chi connectivity index (χ4n) is 5.27. The van der Waals surface area contributed by atoms with Gasteiger partial charge in [-0.25, -0.2) is 4.79 Å². The number of alkyl carbamates (subject to hydrolysis) is 1. The Kier molecular flexibility index (Phi) is 8.07. The van der Waals surface area contributed by atoms with Crippen LogP contribution in [0.2, 0.25) is 0 Å². The fourth-order valence-corrected chi connectivity index (χ4v) is 5.27. The van der Waals surface area contributed by atoms with E-state index in [1.54, 1.807) is 12.1 Å². The van der Waals surface area contributed by atoms with Crippen LogP contribution in [0.25, 0.3) is 17.2 Å². The molecular formula is C33H36BNO6. The highest BCUT2D eigenvalue weighted by Gasteiger charge is 2.52. The molecule has 0 bridgehead atoms. The molecule has 1 N–H and O–H groups in total. The second-order valence-electron chi connectivity index (χ2n) is 11.3. The van der Waals surface area contributed by atoms with Crippen molar-refractivity contribution < 1.29 is 28.4 Å². The summed E-state index contributed by atoms with van der Waals surface area (Å²) >= 11 is 0. The van der Waals surface area contributed by atoms with Crippen LogP contribution in [-0.4, -0.2) is 50.5 Å². The Balaban J connectivity index is 1.32. The van der Waals surface area contributed by atoms with Crippen LogP contribution in [0.3, 0.4) is 0 Å². The normalized spacial score (nSPS) is 17.1. The monoisotopic (exact) mass is 553 g/mol. The maximum Gasteiger partial charge on any atom is 0.492 e. The zero-order valence-corrected chi connectivity index (χ0v) is 24.2. The predicted molar refractivity (Wildman–Crippen MR) is 160 cm³/mol. The first-order chi connectivity index (χ1) is 19.6. The summed E-state index contributed by atoms with van der Waals surface area (Å²) in [5.74, 6) is 0.491. The van der Waals surface area contributed by atoms with E-state index in [1.165, 1.54) is 11.1 Å². The van der Waals surface area contributed by atoms with Crippen molar-refractivity contribution in [3.63, 3.8) is 0 Å². The molecule has 1 aliphatic carbocycles. The number of hydrogen-bond acceptors (Lipinski definition) is 6. The third-order valence-corrected chi connectivity index (χ3v) is 8.15. The first-order valence-corrected chi connectivity index (χ1v) is 14.0. The van der Waals surface area contributed by atoms with Crippen molar-refractivity contribution in [2.45, 2.75) is 51.7 Å². The minimum Gasteiger partial charge on any atom is -0.493 e. The van der Waals surface area contributed by atoms with Crippen molar-refractivity contribution in [3.8, 4) is 16.9 Å². The molecule has 7 nitrogen and oxygen atoms in total. The largest absolute Gasteiger partial charge is 0.493 e. The van der Waals surface area contributed by atoms with Crippen molar-refractivity contribution in [2.75, 3.05) is 19.8 Å². The average Bonchev–Trinajstić information content (AvgIpc) is 3.39. The lowest BCUT2D eigenvalue weighted by Crippen LogP contribution is -2.41. The van der Waals surface area contributed by atoms with Gasteiger partial charge < -0.3 is 24.1 Å². The van der Waals surface area contributed by atoms with E-state index in [0.717, 1.165) is 23.0 Å². The van der Waals surface area contributed by atoms with Crippen LogP contribution in [0, 0.1) is 0 Å². The Morgan fingerprint density at radius 3 is 2.15 bits per heavy atom. The third kappa shape index (κ3) is 5.81. The fraction of sp³-hybridized carbons (Fsp3) is 0.333. The number of hydrogen-bond donors (Lipinski definition) is 1. The van der Waals surface area contributed by atoms with E-state index in [-0.39, 0.29) is 19.1 Å². The summed E-state index contributed by atoms with van der Waals surface area (Å²) in [6.07, 6.45) is 2.11. The molecule has 0 spiro atoms. The van der Waals surface area contributed by atoms with Crippen LogP contribution in [0.4, 0.5) is 4.79 Å². The quantitative estimate of drug-likeness (QED) is 0.242. The number of fused-ring (bicyclic) bond motifs is 3. The molecule has 5 rings (SSSR count). The summed E-state index contributed by atoms with van der Waals surface area (Å²) in [7, 11) is -0.694. The van der Waals surface area contributed by atoms with Crippen LogP contribution in [0.1, 0.15) is 67.6 Å². The van der Waals surface area contributed by atoms with Gasteiger partial charge >= 0.3 is 13.2 Å². The van der Waals surface area contributed by atoms with Gasteiger partial charge in [0.25, 0.3) is 0 Å². The standard InChI is InChI=1S/C33H36BNO6/c1-6-38-30-16-15-22(17-23(30)20-36)18-24(34-40-32(2,3)33(4,5)41-34)19-35-31(37)39-21-29-27-13-9-7-11-25(27)26-12-8-10-14-28(26)29/h7-18,20,29H,6,19,21H2,1-5H3,(H,35,37). The van der Waals surface area contributed by atoms with E-state index in [9.17, 15) is 9.59 Å². The Hall–Kier alpha value is -3.88. The van der Waals surface area contributed by atoms with Crippen molar-refractivity contribution in [3.05, 3.63) is 94.5 Å². The summed E-state index contributed by atoms with van der Waals surface area (Å²) in [5, 5.41) is 2.88. The number of benzene rings is 3. The smallest absolute Gasteiger partial charge is 0.492 e. The van der Waals surface area contributed by atoms with E-state index < -0.39 is 24.4 Å². The zero-order valence-electron chi connectivity index (χ0n) is 24.2. The maximum atomic E-state index is 13.0. The van der Waals surface area contributed by atoms with Gasteiger partial charge in [-0.05, 0) is 80.0 Å². The maximum absolute atomic E-state index is 13.0. The van der Waals surface area contributed by atoms with E-state index in [1.807, 2.05) is 71.0 Å². The molecule has 8 heteroatoms. The first kappa shape index (κ1) is 28.6. The van der Waals surface area contributed by atoms with Gasteiger partial charge in [-0.1, -0.05) is 60.7 Å². The van der Waals surface area contributed by atoms with Gasteiger partial charge in [0.05, 0.1) is 23.4 Å². The second-order valence-corrected chi connectivity index (χ2v) is 11.3. The molecule has 1 heterocycles. The molecule has 0 radical (unpaired) electrons. The van der Waals surface area contributed by atoms with Gasteiger partial charge in [-0.3, -0.25) is 4.79 Å². The molecule has 3 aromatic rings. The highest BCUT2D eigenvalue weighted by Crippen LogP contribution is 2.44. The molecule has 0 atom stereocenters. The SMILES string of the molecule is CCOc1ccc(C=C(CNC(=O)OCC2c3ccccc3-c3ccccc32)B2OC(C)(C)C(C)(C)O2)cc1C=O. The second kappa shape index (κ2) is 11.5. The van der Waals surface area contributed by atoms with Crippen LogP contribution < -0.4 is 10.1 Å². The minimum absolute atomic E-state index is 0.0307. The summed E-state index contributed by atoms with van der Waals surface area (Å²) in [4.78, 5) is 24.7. The molecule has 1 aliphatic heterocycles. The lowest BCUT2D eigenvalue weighted by Gasteiger charge is -2.32. The Morgan fingerprint density at radius 2 is 1.56 bits per heavy atom. The Bertz CT molecular complexity index is 1420. The van der Waals surface area contributed by atoms with Crippen molar-refractivity contribution in [1.82, 2.24) is 5.32 Å². The van der Waals surface area contributed by atoms with Crippen LogP contribution in [-0.2, 0) is 14.0 Å². The summed E-state index contributed by atoms with van der Waals surface area (Å²) < 4.78 is 23.9. The van der Waals surface area contributed by atoms with Gasteiger partial charge in [0.2, 0.25) is 0 Å². The number of amides is 1. The topological polar surface area (TPSA) is 83.1 Å². The number of carbonyl (C=O) groups excluding carboxylic acids is 2. The number of carbonyl (C=O) groups is 2. The molecule has 1 amide bonds. The number of nitrogens with one attached hydrogen (secondary N) is 1. The molecule has 1 fully saturated rings. The van der Waals surface area contributed by atoms with Crippen LogP contribution in [0.5, 0.6) is 5.75 Å². The van der Waals surface area contributed by atoms with E-state index in [0.29, 0.717) is 23.4 Å². The summed E-state index contributed by atoms with van der Waals surface area (Å²) in [6, 6.07) is 21.8. The third-order valence-electron chi connectivity index (χ3n) is 8.15. The highest BCUT2D eigenvalue weighted by atomic mass is 16.7. The Labute approximate surface area is 242 Å². The number of ether oxygens (including phenoxy) is 2. The molecule has 212 valence electrons. The van der Waals surface area contributed by atoms with Crippen LogP contribution in [0.15, 0.2) is 72.2 Å². The first-order valence-electron chi connectivity index (χ1n) is 14.0. The zero-order chi connectivity index (χ0) is 29.2. The van der Waals surface area contributed by atoms with Gasteiger partial charge in [0.1, 0.15) is 12.4 Å². The van der Waals surface area contributed by atoms with Crippen LogP contribution >= 0.6 is 0 Å². The Morgan fingerprint density at radius 1 is 0.951 bits per heavy atom. The predicted octanol–water partition coefficient (Wildman–Crippen LogP) is 6.45.